The second-order valence-corrected chi connectivity index (χ2v) is 4.76. The number of carbonyl (C=O) groups excluding carboxylic acids is 1. The third kappa shape index (κ3) is 2.72. The number of rotatable bonds is 3. The van der Waals surface area contributed by atoms with Crippen molar-refractivity contribution in [3.8, 4) is 5.75 Å². The summed E-state index contributed by atoms with van der Waals surface area (Å²) in [5, 5.41) is 14.4. The Morgan fingerprint density at radius 3 is 2.67 bits per heavy atom. The number of aromatic nitrogens is 1. The molecule has 21 heavy (non-hydrogen) atoms. The van der Waals surface area contributed by atoms with E-state index in [1.165, 1.54) is 0 Å². The molecule has 0 atom stereocenters. The molecule has 0 spiro atoms. The molecule has 0 saturated carbocycles. The lowest BCUT2D eigenvalue weighted by Crippen LogP contribution is -2.23. The smallest absolute Gasteiger partial charge is 0.255 e. The Bertz CT molecular complexity index is 808. The van der Waals surface area contributed by atoms with E-state index in [0.29, 0.717) is 11.7 Å². The number of fused-ring (bicyclic) bond motifs is 1. The van der Waals surface area contributed by atoms with Crippen LogP contribution < -0.4 is 5.32 Å². The first-order valence-electron chi connectivity index (χ1n) is 6.55. The van der Waals surface area contributed by atoms with Gasteiger partial charge in [-0.1, -0.05) is 24.3 Å². The molecule has 0 saturated heterocycles. The van der Waals surface area contributed by atoms with Crippen molar-refractivity contribution in [2.24, 2.45) is 0 Å². The highest BCUT2D eigenvalue weighted by atomic mass is 16.4. The number of nitrogens with one attached hydrogen (secondary N) is 1. The molecule has 3 rings (SSSR count). The van der Waals surface area contributed by atoms with Crippen LogP contribution >= 0.6 is 0 Å². The number of oxazole rings is 1. The molecule has 0 aliphatic carbocycles. The van der Waals surface area contributed by atoms with E-state index in [1.54, 1.807) is 25.3 Å². The Morgan fingerprint density at radius 1 is 1.29 bits per heavy atom. The zero-order valence-corrected chi connectivity index (χ0v) is 11.5. The van der Waals surface area contributed by atoms with Crippen LogP contribution in [0.5, 0.6) is 5.75 Å². The first kappa shape index (κ1) is 13.2. The summed E-state index contributed by atoms with van der Waals surface area (Å²) in [4.78, 5) is 16.2. The second kappa shape index (κ2) is 5.28. The summed E-state index contributed by atoms with van der Waals surface area (Å²) in [6.07, 6.45) is 1.59. The topological polar surface area (TPSA) is 75.4 Å². The summed E-state index contributed by atoms with van der Waals surface area (Å²) in [6, 6.07) is 10.8. The minimum Gasteiger partial charge on any atom is -0.507 e. The van der Waals surface area contributed by atoms with Crippen LogP contribution in [-0.2, 0) is 6.54 Å². The molecule has 5 heteroatoms. The van der Waals surface area contributed by atoms with Crippen LogP contribution in [0.15, 0.2) is 47.0 Å². The maximum atomic E-state index is 12.1. The first-order valence-corrected chi connectivity index (χ1v) is 6.55. The molecule has 0 unspecified atom stereocenters. The van der Waals surface area contributed by atoms with E-state index in [-0.39, 0.29) is 23.8 Å². The minimum atomic E-state index is -0.367. The maximum Gasteiger partial charge on any atom is 0.255 e. The Kier molecular flexibility index (Phi) is 3.31. The summed E-state index contributed by atoms with van der Waals surface area (Å²) in [7, 11) is 0. The predicted molar refractivity (Wildman–Crippen MR) is 78.0 cm³/mol. The number of benzene rings is 2. The fraction of sp³-hybridized carbons (Fsp3) is 0.125. The molecule has 0 aliphatic rings. The Labute approximate surface area is 121 Å². The summed E-state index contributed by atoms with van der Waals surface area (Å²) in [6.45, 7) is 1.96. The Balaban J connectivity index is 1.82. The Hall–Kier alpha value is -2.82. The maximum absolute atomic E-state index is 12.1. The van der Waals surface area contributed by atoms with Gasteiger partial charge in [-0.25, -0.2) is 4.98 Å². The summed E-state index contributed by atoms with van der Waals surface area (Å²) >= 11 is 0. The van der Waals surface area contributed by atoms with Gasteiger partial charge < -0.3 is 14.8 Å². The van der Waals surface area contributed by atoms with E-state index >= 15 is 0 Å². The van der Waals surface area contributed by atoms with Gasteiger partial charge in [-0.05, 0) is 29.8 Å². The van der Waals surface area contributed by atoms with Gasteiger partial charge in [0, 0.05) is 0 Å². The molecule has 0 aliphatic heterocycles. The van der Waals surface area contributed by atoms with Crippen molar-refractivity contribution in [2.75, 3.05) is 0 Å². The van der Waals surface area contributed by atoms with Crippen molar-refractivity contribution in [1.29, 1.82) is 0 Å². The lowest BCUT2D eigenvalue weighted by molar-refractivity contribution is 0.0944. The minimum absolute atomic E-state index is 0.0465. The number of nitrogens with zero attached hydrogens (tertiary/aromatic N) is 1. The number of phenols is 1. The van der Waals surface area contributed by atoms with Crippen molar-refractivity contribution >= 4 is 16.7 Å². The van der Waals surface area contributed by atoms with Crippen molar-refractivity contribution in [2.45, 2.75) is 13.5 Å². The fourth-order valence-corrected chi connectivity index (χ4v) is 2.14. The zero-order valence-electron chi connectivity index (χ0n) is 11.5. The molecular weight excluding hydrogens is 268 g/mol. The van der Waals surface area contributed by atoms with Gasteiger partial charge in [0.15, 0.2) is 0 Å². The standard InChI is InChI=1S/C16H14N2O3/c1-10-8-17-15(21-10)9-18-16(20)13-6-11-4-2-3-5-12(11)7-14(13)19/h2-8,19H,9H2,1H3,(H,18,20). The molecule has 1 amide bonds. The lowest BCUT2D eigenvalue weighted by Gasteiger charge is -2.07. The average molecular weight is 282 g/mol. The van der Waals surface area contributed by atoms with Crippen LogP contribution in [0.25, 0.3) is 10.8 Å². The first-order chi connectivity index (χ1) is 10.1. The number of phenolic OH excluding ortho intramolecular Hbond substituents is 1. The molecule has 0 radical (unpaired) electrons. The molecule has 0 bridgehead atoms. The van der Waals surface area contributed by atoms with Crippen LogP contribution in [0.2, 0.25) is 0 Å². The highest BCUT2D eigenvalue weighted by molar-refractivity contribution is 6.01. The van der Waals surface area contributed by atoms with Crippen LogP contribution in [0.3, 0.4) is 0 Å². The quantitative estimate of drug-likeness (QED) is 0.774. The number of aryl methyl sites for hydroxylation is 1. The van der Waals surface area contributed by atoms with E-state index in [0.717, 1.165) is 10.8 Å². The molecule has 5 nitrogen and oxygen atoms in total. The van der Waals surface area contributed by atoms with Gasteiger partial charge in [-0.15, -0.1) is 0 Å². The average Bonchev–Trinajstić information content (AvgIpc) is 2.89. The number of carbonyl (C=O) groups is 1. The summed E-state index contributed by atoms with van der Waals surface area (Å²) in [5.41, 5.74) is 0.233. The van der Waals surface area contributed by atoms with E-state index < -0.39 is 0 Å². The summed E-state index contributed by atoms with van der Waals surface area (Å²) < 4.78 is 5.28. The van der Waals surface area contributed by atoms with Crippen LogP contribution in [0.4, 0.5) is 0 Å². The molecule has 1 aromatic heterocycles. The van der Waals surface area contributed by atoms with Crippen LogP contribution in [-0.4, -0.2) is 16.0 Å². The molecule has 0 fully saturated rings. The van der Waals surface area contributed by atoms with E-state index in [1.807, 2.05) is 24.3 Å². The molecule has 106 valence electrons. The predicted octanol–water partition coefficient (Wildman–Crippen LogP) is 2.77. The van der Waals surface area contributed by atoms with E-state index in [9.17, 15) is 9.90 Å². The van der Waals surface area contributed by atoms with E-state index in [2.05, 4.69) is 10.3 Å². The fourth-order valence-electron chi connectivity index (χ4n) is 2.14. The van der Waals surface area contributed by atoms with Gasteiger partial charge in [0.25, 0.3) is 5.91 Å². The van der Waals surface area contributed by atoms with Gasteiger partial charge in [0.1, 0.15) is 11.5 Å². The third-order valence-corrected chi connectivity index (χ3v) is 3.18. The number of hydrogen-bond acceptors (Lipinski definition) is 4. The second-order valence-electron chi connectivity index (χ2n) is 4.76. The number of aromatic hydroxyl groups is 1. The molecule has 1 heterocycles. The SMILES string of the molecule is Cc1cnc(CNC(=O)c2cc3ccccc3cc2O)o1. The van der Waals surface area contributed by atoms with Gasteiger partial charge in [0.2, 0.25) is 5.89 Å². The van der Waals surface area contributed by atoms with Crippen molar-refractivity contribution in [3.05, 3.63) is 59.8 Å². The van der Waals surface area contributed by atoms with E-state index in [4.69, 9.17) is 4.42 Å². The molecule has 2 N–H and O–H groups in total. The number of amides is 1. The highest BCUT2D eigenvalue weighted by Gasteiger charge is 2.13. The zero-order chi connectivity index (χ0) is 14.8. The largest absolute Gasteiger partial charge is 0.507 e. The Morgan fingerprint density at radius 2 is 2.00 bits per heavy atom. The number of hydrogen-bond donors (Lipinski definition) is 2. The van der Waals surface area contributed by atoms with Crippen LogP contribution in [0.1, 0.15) is 22.0 Å². The molecular formula is C16H14N2O3. The van der Waals surface area contributed by atoms with Crippen LogP contribution in [0, 0.1) is 6.92 Å². The lowest BCUT2D eigenvalue weighted by atomic mass is 10.1. The highest BCUT2D eigenvalue weighted by Crippen LogP contribution is 2.24. The van der Waals surface area contributed by atoms with Gasteiger partial charge in [-0.3, -0.25) is 4.79 Å². The van der Waals surface area contributed by atoms with Crippen molar-refractivity contribution in [1.82, 2.24) is 10.3 Å². The van der Waals surface area contributed by atoms with Crippen molar-refractivity contribution < 1.29 is 14.3 Å². The van der Waals surface area contributed by atoms with Gasteiger partial charge in [-0.2, -0.15) is 0 Å². The third-order valence-electron chi connectivity index (χ3n) is 3.18. The molecule has 2 aromatic carbocycles. The molecule has 3 aromatic rings. The van der Waals surface area contributed by atoms with Crippen molar-refractivity contribution in [3.63, 3.8) is 0 Å². The monoisotopic (exact) mass is 282 g/mol. The van der Waals surface area contributed by atoms with Gasteiger partial charge >= 0.3 is 0 Å². The summed E-state index contributed by atoms with van der Waals surface area (Å²) in [5.74, 6) is 0.706. The van der Waals surface area contributed by atoms with Gasteiger partial charge in [0.05, 0.1) is 18.3 Å². The normalized spacial score (nSPS) is 10.7.